The molecule has 0 aromatic rings. The van der Waals surface area contributed by atoms with E-state index in [0.717, 1.165) is 38.1 Å². The molecular formula is C14H29NO2. The minimum Gasteiger partial charge on any atom is -0.382 e. The maximum atomic E-state index is 5.43. The SMILES string of the molecule is CCC1CCC(NCCCOCCOC)CC1. The molecule has 0 saturated heterocycles. The van der Waals surface area contributed by atoms with Gasteiger partial charge in [0.1, 0.15) is 0 Å². The van der Waals surface area contributed by atoms with E-state index in [1.165, 1.54) is 32.1 Å². The van der Waals surface area contributed by atoms with E-state index in [-0.39, 0.29) is 0 Å². The minimum atomic E-state index is 0.703. The molecule has 102 valence electrons. The minimum absolute atomic E-state index is 0.703. The topological polar surface area (TPSA) is 30.5 Å². The Morgan fingerprint density at radius 2 is 1.82 bits per heavy atom. The molecule has 0 aromatic carbocycles. The highest BCUT2D eigenvalue weighted by molar-refractivity contribution is 4.76. The van der Waals surface area contributed by atoms with Crippen LogP contribution in [0.5, 0.6) is 0 Å². The zero-order valence-corrected chi connectivity index (χ0v) is 11.5. The summed E-state index contributed by atoms with van der Waals surface area (Å²) in [7, 11) is 1.71. The first-order chi connectivity index (χ1) is 8.36. The van der Waals surface area contributed by atoms with Crippen molar-refractivity contribution in [3.05, 3.63) is 0 Å². The summed E-state index contributed by atoms with van der Waals surface area (Å²) in [5, 5.41) is 3.65. The summed E-state index contributed by atoms with van der Waals surface area (Å²) in [5.74, 6) is 0.991. The van der Waals surface area contributed by atoms with Gasteiger partial charge in [-0.15, -0.1) is 0 Å². The van der Waals surface area contributed by atoms with Gasteiger partial charge in [0.25, 0.3) is 0 Å². The average Bonchev–Trinajstić information content (AvgIpc) is 2.38. The molecule has 0 amide bonds. The normalized spacial score (nSPS) is 25.1. The van der Waals surface area contributed by atoms with Crippen LogP contribution in [0.4, 0.5) is 0 Å². The summed E-state index contributed by atoms with van der Waals surface area (Å²) in [4.78, 5) is 0. The van der Waals surface area contributed by atoms with Crippen LogP contribution in [0.15, 0.2) is 0 Å². The second-order valence-corrected chi connectivity index (χ2v) is 5.04. The van der Waals surface area contributed by atoms with Crippen LogP contribution in [0.3, 0.4) is 0 Å². The molecule has 1 N–H and O–H groups in total. The van der Waals surface area contributed by atoms with Gasteiger partial charge in [0.05, 0.1) is 13.2 Å². The molecule has 0 unspecified atom stereocenters. The third kappa shape index (κ3) is 7.02. The van der Waals surface area contributed by atoms with Crippen LogP contribution in [0.2, 0.25) is 0 Å². The summed E-state index contributed by atoms with van der Waals surface area (Å²) in [6.45, 7) is 5.68. The van der Waals surface area contributed by atoms with Gasteiger partial charge in [-0.05, 0) is 44.6 Å². The fourth-order valence-corrected chi connectivity index (χ4v) is 2.50. The second kappa shape index (κ2) is 9.86. The summed E-state index contributed by atoms with van der Waals surface area (Å²) in [6.07, 6.45) is 8.03. The van der Waals surface area contributed by atoms with Crippen LogP contribution in [0.1, 0.15) is 45.4 Å². The Morgan fingerprint density at radius 3 is 2.47 bits per heavy atom. The number of nitrogens with one attached hydrogen (secondary N) is 1. The first kappa shape index (κ1) is 14.9. The molecule has 0 bridgehead atoms. The lowest BCUT2D eigenvalue weighted by Crippen LogP contribution is -2.34. The van der Waals surface area contributed by atoms with Crippen molar-refractivity contribution in [2.45, 2.75) is 51.5 Å². The Hall–Kier alpha value is -0.120. The molecule has 1 rings (SSSR count). The van der Waals surface area contributed by atoms with E-state index in [2.05, 4.69) is 12.2 Å². The molecular weight excluding hydrogens is 214 g/mol. The van der Waals surface area contributed by atoms with Crippen molar-refractivity contribution < 1.29 is 9.47 Å². The average molecular weight is 243 g/mol. The van der Waals surface area contributed by atoms with E-state index in [1.807, 2.05) is 0 Å². The zero-order chi connectivity index (χ0) is 12.3. The molecule has 0 radical (unpaired) electrons. The van der Waals surface area contributed by atoms with Crippen molar-refractivity contribution in [2.24, 2.45) is 5.92 Å². The molecule has 0 aromatic heterocycles. The predicted molar refractivity (Wildman–Crippen MR) is 71.4 cm³/mol. The second-order valence-electron chi connectivity index (χ2n) is 5.04. The standard InChI is InChI=1S/C14H29NO2/c1-3-13-5-7-14(8-6-13)15-9-4-10-17-12-11-16-2/h13-15H,3-12H2,1-2H3. The van der Waals surface area contributed by atoms with E-state index in [0.29, 0.717) is 6.61 Å². The van der Waals surface area contributed by atoms with Gasteiger partial charge in [-0.2, -0.15) is 0 Å². The van der Waals surface area contributed by atoms with Crippen molar-refractivity contribution in [3.8, 4) is 0 Å². The van der Waals surface area contributed by atoms with Crippen molar-refractivity contribution in [3.63, 3.8) is 0 Å². The van der Waals surface area contributed by atoms with Gasteiger partial charge in [-0.25, -0.2) is 0 Å². The number of methoxy groups -OCH3 is 1. The lowest BCUT2D eigenvalue weighted by atomic mass is 9.84. The lowest BCUT2D eigenvalue weighted by molar-refractivity contribution is 0.0690. The Bertz CT molecular complexity index is 168. The van der Waals surface area contributed by atoms with E-state index in [9.17, 15) is 0 Å². The fourth-order valence-electron chi connectivity index (χ4n) is 2.50. The zero-order valence-electron chi connectivity index (χ0n) is 11.5. The molecule has 3 nitrogen and oxygen atoms in total. The molecule has 0 spiro atoms. The van der Waals surface area contributed by atoms with Crippen LogP contribution in [0.25, 0.3) is 0 Å². The van der Waals surface area contributed by atoms with Gasteiger partial charge < -0.3 is 14.8 Å². The molecule has 1 saturated carbocycles. The third-order valence-electron chi connectivity index (χ3n) is 3.75. The maximum Gasteiger partial charge on any atom is 0.0700 e. The molecule has 3 heteroatoms. The van der Waals surface area contributed by atoms with Crippen molar-refractivity contribution in [1.29, 1.82) is 0 Å². The molecule has 1 fully saturated rings. The van der Waals surface area contributed by atoms with Gasteiger partial charge in [-0.3, -0.25) is 0 Å². The molecule has 0 heterocycles. The van der Waals surface area contributed by atoms with E-state index < -0.39 is 0 Å². The van der Waals surface area contributed by atoms with E-state index >= 15 is 0 Å². The van der Waals surface area contributed by atoms with Gasteiger partial charge in [0.15, 0.2) is 0 Å². The summed E-state index contributed by atoms with van der Waals surface area (Å²) in [5.41, 5.74) is 0. The van der Waals surface area contributed by atoms with Crippen LogP contribution in [-0.2, 0) is 9.47 Å². The van der Waals surface area contributed by atoms with E-state index in [1.54, 1.807) is 7.11 Å². The number of rotatable bonds is 9. The van der Waals surface area contributed by atoms with Crippen molar-refractivity contribution in [1.82, 2.24) is 5.32 Å². The first-order valence-corrected chi connectivity index (χ1v) is 7.16. The number of hydrogen-bond acceptors (Lipinski definition) is 3. The van der Waals surface area contributed by atoms with Crippen LogP contribution in [0, 0.1) is 5.92 Å². The van der Waals surface area contributed by atoms with Crippen LogP contribution < -0.4 is 5.32 Å². The van der Waals surface area contributed by atoms with Gasteiger partial charge in [0.2, 0.25) is 0 Å². The fraction of sp³-hybridized carbons (Fsp3) is 1.00. The molecule has 1 aliphatic carbocycles. The monoisotopic (exact) mass is 243 g/mol. The highest BCUT2D eigenvalue weighted by Crippen LogP contribution is 2.26. The summed E-state index contributed by atoms with van der Waals surface area (Å²) < 4.78 is 10.4. The Labute approximate surface area is 106 Å². The van der Waals surface area contributed by atoms with Crippen molar-refractivity contribution in [2.75, 3.05) is 33.5 Å². The Morgan fingerprint density at radius 1 is 1.06 bits per heavy atom. The molecule has 17 heavy (non-hydrogen) atoms. The van der Waals surface area contributed by atoms with Crippen LogP contribution >= 0.6 is 0 Å². The third-order valence-corrected chi connectivity index (χ3v) is 3.75. The van der Waals surface area contributed by atoms with Gasteiger partial charge in [-0.1, -0.05) is 13.3 Å². The van der Waals surface area contributed by atoms with Crippen LogP contribution in [-0.4, -0.2) is 39.5 Å². The highest BCUT2D eigenvalue weighted by atomic mass is 16.5. The van der Waals surface area contributed by atoms with E-state index in [4.69, 9.17) is 9.47 Å². The van der Waals surface area contributed by atoms with Gasteiger partial charge >= 0.3 is 0 Å². The first-order valence-electron chi connectivity index (χ1n) is 7.16. The van der Waals surface area contributed by atoms with Crippen molar-refractivity contribution >= 4 is 0 Å². The summed E-state index contributed by atoms with van der Waals surface area (Å²) >= 11 is 0. The van der Waals surface area contributed by atoms with Gasteiger partial charge in [0, 0.05) is 19.8 Å². The number of hydrogen-bond donors (Lipinski definition) is 1. The predicted octanol–water partition coefficient (Wildman–Crippen LogP) is 2.60. The Kier molecular flexibility index (Phi) is 8.67. The lowest BCUT2D eigenvalue weighted by Gasteiger charge is -2.28. The maximum absolute atomic E-state index is 5.43. The Balaban J connectivity index is 1.87. The summed E-state index contributed by atoms with van der Waals surface area (Å²) in [6, 6.07) is 0.761. The number of ether oxygens (including phenoxy) is 2. The quantitative estimate of drug-likeness (QED) is 0.631. The molecule has 1 aliphatic rings. The largest absolute Gasteiger partial charge is 0.382 e. The molecule has 0 atom stereocenters. The molecule has 0 aliphatic heterocycles. The smallest absolute Gasteiger partial charge is 0.0700 e. The highest BCUT2D eigenvalue weighted by Gasteiger charge is 2.18.